The van der Waals surface area contributed by atoms with Crippen LogP contribution in [0.5, 0.6) is 11.5 Å². The van der Waals surface area contributed by atoms with Crippen molar-refractivity contribution in [3.63, 3.8) is 0 Å². The summed E-state index contributed by atoms with van der Waals surface area (Å²) < 4.78 is 5.51. The van der Waals surface area contributed by atoms with Crippen LogP contribution < -0.4 is 10.6 Å². The number of unbranched alkanes of at least 4 members (excludes halogenated alkanes) is 3. The molecule has 47 heavy (non-hydrogen) atoms. The van der Waals surface area contributed by atoms with Crippen LogP contribution in [-0.2, 0) is 20.7 Å². The molecule has 0 spiro atoms. The highest BCUT2D eigenvalue weighted by atomic mass is 16.6. The standard InChI is InChI=1S/C38H45N3O6/c1-5-6-7-12-23-41(36(45)32(40-37(46)47-38(2,3)4)24-26-17-21-30(42)22-18-26)34(31-15-10-11-16-33(31)43)35(44)39-29-20-19-27-13-8-9-14-28(27)25-29/h8-11,13-22,25,32,34,42-43H,5-7,12,23-24H2,1-4H3,(H,39,44)(H,40,46). The lowest BCUT2D eigenvalue weighted by atomic mass is 9.98. The average molecular weight is 640 g/mol. The normalized spacial score (nSPS) is 12.6. The number of para-hydroxylation sites is 1. The van der Waals surface area contributed by atoms with Crippen LogP contribution in [0.2, 0.25) is 0 Å². The van der Waals surface area contributed by atoms with E-state index in [9.17, 15) is 24.6 Å². The van der Waals surface area contributed by atoms with E-state index in [1.165, 1.54) is 23.1 Å². The van der Waals surface area contributed by atoms with Gasteiger partial charge in [0.15, 0.2) is 0 Å². The van der Waals surface area contributed by atoms with Crippen molar-refractivity contribution >= 4 is 34.4 Å². The van der Waals surface area contributed by atoms with Crippen molar-refractivity contribution in [1.29, 1.82) is 0 Å². The van der Waals surface area contributed by atoms with Crippen LogP contribution in [0, 0.1) is 0 Å². The Balaban J connectivity index is 1.76. The van der Waals surface area contributed by atoms with Gasteiger partial charge in [-0.05, 0) is 73.9 Å². The number of hydrogen-bond acceptors (Lipinski definition) is 6. The molecule has 3 amide bonds. The molecule has 0 fully saturated rings. The van der Waals surface area contributed by atoms with Crippen LogP contribution in [0.15, 0.2) is 91.0 Å². The van der Waals surface area contributed by atoms with Gasteiger partial charge in [-0.1, -0.05) is 86.8 Å². The van der Waals surface area contributed by atoms with Gasteiger partial charge in [0.25, 0.3) is 5.91 Å². The van der Waals surface area contributed by atoms with E-state index in [1.54, 1.807) is 57.2 Å². The number of nitrogens with zero attached hydrogens (tertiary/aromatic N) is 1. The van der Waals surface area contributed by atoms with Crippen LogP contribution in [0.3, 0.4) is 0 Å². The summed E-state index contributed by atoms with van der Waals surface area (Å²) in [6.07, 6.45) is 2.64. The smallest absolute Gasteiger partial charge is 0.408 e. The second-order valence-electron chi connectivity index (χ2n) is 12.7. The lowest BCUT2D eigenvalue weighted by molar-refractivity contribution is -0.141. The minimum atomic E-state index is -1.22. The lowest BCUT2D eigenvalue weighted by Crippen LogP contribution is -2.53. The molecule has 4 aromatic carbocycles. The third kappa shape index (κ3) is 9.97. The third-order valence-electron chi connectivity index (χ3n) is 7.71. The predicted molar refractivity (Wildman–Crippen MR) is 184 cm³/mol. The van der Waals surface area contributed by atoms with E-state index in [2.05, 4.69) is 17.6 Å². The number of anilines is 1. The zero-order chi connectivity index (χ0) is 34.0. The third-order valence-corrected chi connectivity index (χ3v) is 7.71. The molecule has 4 N–H and O–H groups in total. The molecule has 2 atom stereocenters. The van der Waals surface area contributed by atoms with E-state index in [0.29, 0.717) is 17.7 Å². The number of alkyl carbamates (subject to hydrolysis) is 1. The number of phenols is 2. The molecule has 0 aliphatic carbocycles. The fourth-order valence-electron chi connectivity index (χ4n) is 5.44. The molecular formula is C38H45N3O6. The summed E-state index contributed by atoms with van der Waals surface area (Å²) in [5, 5.41) is 28.5. The molecule has 0 saturated heterocycles. The van der Waals surface area contributed by atoms with Crippen molar-refractivity contribution in [3.05, 3.63) is 102 Å². The SMILES string of the molecule is CCCCCCN(C(=O)C(Cc1ccc(O)cc1)NC(=O)OC(C)(C)C)C(C(=O)Nc1ccc2ccccc2c1)c1ccccc1O. The molecule has 0 aliphatic heterocycles. The number of aromatic hydroxyl groups is 2. The molecule has 2 unspecified atom stereocenters. The Morgan fingerprint density at radius 2 is 1.51 bits per heavy atom. The minimum Gasteiger partial charge on any atom is -0.508 e. The lowest BCUT2D eigenvalue weighted by Gasteiger charge is -2.35. The number of fused-ring (bicyclic) bond motifs is 1. The molecule has 9 nitrogen and oxygen atoms in total. The number of carbonyl (C=O) groups is 3. The molecule has 0 saturated carbocycles. The number of carbonyl (C=O) groups excluding carboxylic acids is 3. The number of rotatable bonds is 13. The van der Waals surface area contributed by atoms with Crippen LogP contribution in [0.1, 0.15) is 70.5 Å². The zero-order valence-electron chi connectivity index (χ0n) is 27.5. The molecule has 0 radical (unpaired) electrons. The molecular weight excluding hydrogens is 594 g/mol. The average Bonchev–Trinajstić information content (AvgIpc) is 3.02. The monoisotopic (exact) mass is 639 g/mol. The molecule has 0 aliphatic rings. The van der Waals surface area contributed by atoms with Crippen molar-refractivity contribution < 1.29 is 29.3 Å². The first-order valence-corrected chi connectivity index (χ1v) is 16.1. The fraction of sp³-hybridized carbons (Fsp3) is 0.342. The van der Waals surface area contributed by atoms with Gasteiger partial charge in [0, 0.05) is 24.2 Å². The van der Waals surface area contributed by atoms with Gasteiger partial charge in [0.05, 0.1) is 0 Å². The maximum Gasteiger partial charge on any atom is 0.408 e. The first-order valence-electron chi connectivity index (χ1n) is 16.1. The highest BCUT2D eigenvalue weighted by molar-refractivity contribution is 6.00. The van der Waals surface area contributed by atoms with Gasteiger partial charge in [0.2, 0.25) is 5.91 Å². The maximum absolute atomic E-state index is 14.7. The van der Waals surface area contributed by atoms with Crippen molar-refractivity contribution in [2.45, 2.75) is 77.5 Å². The molecule has 4 aromatic rings. The predicted octanol–water partition coefficient (Wildman–Crippen LogP) is 7.48. The Kier molecular flexibility index (Phi) is 11.8. The first kappa shape index (κ1) is 34.8. The van der Waals surface area contributed by atoms with E-state index in [4.69, 9.17) is 4.74 Å². The minimum absolute atomic E-state index is 0.0688. The van der Waals surface area contributed by atoms with Crippen molar-refractivity contribution in [2.24, 2.45) is 0 Å². The van der Waals surface area contributed by atoms with Crippen LogP contribution in [0.4, 0.5) is 10.5 Å². The van der Waals surface area contributed by atoms with Crippen molar-refractivity contribution in [2.75, 3.05) is 11.9 Å². The molecule has 0 aromatic heterocycles. The van der Waals surface area contributed by atoms with E-state index < -0.39 is 35.6 Å². The number of phenolic OH excluding ortho intramolecular Hbond substituents is 2. The molecule has 0 heterocycles. The largest absolute Gasteiger partial charge is 0.508 e. The van der Waals surface area contributed by atoms with E-state index >= 15 is 0 Å². The van der Waals surface area contributed by atoms with Gasteiger partial charge >= 0.3 is 6.09 Å². The highest BCUT2D eigenvalue weighted by Crippen LogP contribution is 2.32. The Morgan fingerprint density at radius 3 is 2.19 bits per heavy atom. The summed E-state index contributed by atoms with van der Waals surface area (Å²) in [7, 11) is 0. The van der Waals surface area contributed by atoms with Crippen LogP contribution in [-0.4, -0.2) is 51.2 Å². The quantitative estimate of drug-likeness (QED) is 0.112. The Bertz CT molecular complexity index is 1660. The summed E-state index contributed by atoms with van der Waals surface area (Å²) in [6, 6.07) is 23.8. The van der Waals surface area contributed by atoms with Crippen molar-refractivity contribution in [3.8, 4) is 11.5 Å². The fourth-order valence-corrected chi connectivity index (χ4v) is 5.44. The van der Waals surface area contributed by atoms with Gasteiger partial charge in [-0.2, -0.15) is 0 Å². The molecule has 9 heteroatoms. The van der Waals surface area contributed by atoms with Crippen LogP contribution >= 0.6 is 0 Å². The summed E-state index contributed by atoms with van der Waals surface area (Å²) in [4.78, 5) is 43.5. The van der Waals surface area contributed by atoms with Crippen molar-refractivity contribution in [1.82, 2.24) is 10.2 Å². The topological polar surface area (TPSA) is 128 Å². The summed E-state index contributed by atoms with van der Waals surface area (Å²) >= 11 is 0. The summed E-state index contributed by atoms with van der Waals surface area (Å²) in [5.41, 5.74) is 0.673. The summed E-state index contributed by atoms with van der Waals surface area (Å²) in [5.74, 6) is -1.08. The van der Waals surface area contributed by atoms with Gasteiger partial charge in [-0.25, -0.2) is 4.79 Å². The number of nitrogens with one attached hydrogen (secondary N) is 2. The van der Waals surface area contributed by atoms with E-state index in [1.807, 2.05) is 36.4 Å². The Labute approximate surface area is 276 Å². The first-order chi connectivity index (χ1) is 22.4. The van der Waals surface area contributed by atoms with Gasteiger partial charge < -0.3 is 30.5 Å². The van der Waals surface area contributed by atoms with Crippen LogP contribution in [0.25, 0.3) is 10.8 Å². The van der Waals surface area contributed by atoms with E-state index in [0.717, 1.165) is 30.0 Å². The maximum atomic E-state index is 14.7. The number of hydrogen-bond donors (Lipinski definition) is 4. The number of amides is 3. The number of benzene rings is 4. The molecule has 248 valence electrons. The van der Waals surface area contributed by atoms with Gasteiger partial charge in [-0.15, -0.1) is 0 Å². The highest BCUT2D eigenvalue weighted by Gasteiger charge is 2.37. The second-order valence-corrected chi connectivity index (χ2v) is 12.7. The zero-order valence-corrected chi connectivity index (χ0v) is 27.5. The Hall–Kier alpha value is -5.05. The van der Waals surface area contributed by atoms with Gasteiger partial charge in [0.1, 0.15) is 29.2 Å². The molecule has 0 bridgehead atoms. The second kappa shape index (κ2) is 16.0. The van der Waals surface area contributed by atoms with Gasteiger partial charge in [-0.3, -0.25) is 9.59 Å². The Morgan fingerprint density at radius 1 is 0.830 bits per heavy atom. The summed E-state index contributed by atoms with van der Waals surface area (Å²) in [6.45, 7) is 7.48. The van der Waals surface area contributed by atoms with E-state index in [-0.39, 0.29) is 30.0 Å². The molecule has 4 rings (SSSR count). The number of ether oxygens (including phenoxy) is 1.